The fourth-order valence-electron chi connectivity index (χ4n) is 1.64. The highest BCUT2D eigenvalue weighted by atomic mass is 16.5. The van der Waals surface area contributed by atoms with Crippen molar-refractivity contribution in [2.24, 2.45) is 0 Å². The van der Waals surface area contributed by atoms with Gasteiger partial charge in [0.2, 0.25) is 5.78 Å². The monoisotopic (exact) mass is 257 g/mol. The highest BCUT2D eigenvalue weighted by molar-refractivity contribution is 6.02. The third-order valence-corrected chi connectivity index (χ3v) is 2.59. The Labute approximate surface area is 111 Å². The van der Waals surface area contributed by atoms with E-state index in [1.165, 1.54) is 12.3 Å². The first kappa shape index (κ1) is 13.0. The van der Waals surface area contributed by atoms with Gasteiger partial charge in [-0.2, -0.15) is 0 Å². The number of hydrogen-bond donors (Lipinski definition) is 1. The van der Waals surface area contributed by atoms with Gasteiger partial charge in [-0.15, -0.1) is 0 Å². The van der Waals surface area contributed by atoms with E-state index in [1.807, 2.05) is 25.1 Å². The third kappa shape index (κ3) is 3.25. The summed E-state index contributed by atoms with van der Waals surface area (Å²) in [6, 6.07) is 9.08. The largest absolute Gasteiger partial charge is 0.495 e. The summed E-state index contributed by atoms with van der Waals surface area (Å²) in [5.74, 6) is 0.846. The minimum absolute atomic E-state index is 0.191. The Morgan fingerprint density at radius 1 is 1.37 bits per heavy atom. The van der Waals surface area contributed by atoms with Gasteiger partial charge in [0, 0.05) is 12.3 Å². The molecule has 0 aliphatic carbocycles. The lowest BCUT2D eigenvalue weighted by molar-refractivity contribution is 0.102. The van der Waals surface area contributed by atoms with Crippen LogP contribution in [0.3, 0.4) is 0 Å². The zero-order valence-corrected chi connectivity index (χ0v) is 10.8. The van der Waals surface area contributed by atoms with E-state index in [2.05, 4.69) is 5.32 Å². The third-order valence-electron chi connectivity index (χ3n) is 2.59. The van der Waals surface area contributed by atoms with Crippen LogP contribution in [0.25, 0.3) is 0 Å². The summed E-state index contributed by atoms with van der Waals surface area (Å²) < 4.78 is 10.2. The topological polar surface area (TPSA) is 51.5 Å². The molecule has 0 saturated heterocycles. The van der Waals surface area contributed by atoms with Gasteiger partial charge < -0.3 is 14.5 Å². The predicted molar refractivity (Wildman–Crippen MR) is 73.5 cm³/mol. The molecule has 1 aromatic carbocycles. The van der Waals surface area contributed by atoms with E-state index in [0.29, 0.717) is 5.76 Å². The van der Waals surface area contributed by atoms with Crippen LogP contribution in [0.15, 0.2) is 53.3 Å². The second-order valence-corrected chi connectivity index (χ2v) is 4.02. The SMILES string of the molecule is COc1ccc(C)cc1N/C=C/C(=O)c1ccco1. The summed E-state index contributed by atoms with van der Waals surface area (Å²) in [4.78, 5) is 11.7. The lowest BCUT2D eigenvalue weighted by Crippen LogP contribution is -1.96. The molecule has 0 fully saturated rings. The Bertz CT molecular complexity index is 585. The summed E-state index contributed by atoms with van der Waals surface area (Å²) in [7, 11) is 1.60. The predicted octanol–water partition coefficient (Wildman–Crippen LogP) is 3.41. The van der Waals surface area contributed by atoms with Crippen LogP contribution < -0.4 is 10.1 Å². The van der Waals surface area contributed by atoms with Crippen molar-refractivity contribution in [2.45, 2.75) is 6.92 Å². The number of aryl methyl sites for hydroxylation is 1. The maximum absolute atomic E-state index is 11.7. The Balaban J connectivity index is 2.06. The number of allylic oxidation sites excluding steroid dienone is 1. The maximum Gasteiger partial charge on any atom is 0.222 e. The van der Waals surface area contributed by atoms with Crippen LogP contribution in [-0.4, -0.2) is 12.9 Å². The summed E-state index contributed by atoms with van der Waals surface area (Å²) in [6.45, 7) is 1.99. The Hall–Kier alpha value is -2.49. The Kier molecular flexibility index (Phi) is 4.03. The molecule has 0 saturated carbocycles. The molecule has 1 N–H and O–H groups in total. The number of carbonyl (C=O) groups is 1. The summed E-state index contributed by atoms with van der Waals surface area (Å²) in [5.41, 5.74) is 1.92. The number of furan rings is 1. The number of anilines is 1. The second-order valence-electron chi connectivity index (χ2n) is 4.02. The smallest absolute Gasteiger partial charge is 0.222 e. The molecule has 0 spiro atoms. The standard InChI is InChI=1S/C15H15NO3/c1-11-5-6-14(18-2)12(10-11)16-8-7-13(17)15-4-3-9-19-15/h3-10,16H,1-2H3/b8-7+. The Morgan fingerprint density at radius 3 is 2.89 bits per heavy atom. The van der Waals surface area contributed by atoms with Crippen LogP contribution in [0, 0.1) is 6.92 Å². The van der Waals surface area contributed by atoms with Gasteiger partial charge in [-0.25, -0.2) is 0 Å². The lowest BCUT2D eigenvalue weighted by atomic mass is 10.2. The number of ether oxygens (including phenoxy) is 1. The molecule has 4 heteroatoms. The van der Waals surface area contributed by atoms with Crippen molar-refractivity contribution in [3.8, 4) is 5.75 Å². The summed E-state index contributed by atoms with van der Waals surface area (Å²) in [5, 5.41) is 3.03. The highest BCUT2D eigenvalue weighted by Gasteiger charge is 2.04. The Morgan fingerprint density at radius 2 is 2.21 bits per heavy atom. The molecule has 0 radical (unpaired) electrons. The molecular formula is C15H15NO3. The fraction of sp³-hybridized carbons (Fsp3) is 0.133. The molecule has 98 valence electrons. The first-order valence-corrected chi connectivity index (χ1v) is 5.86. The average Bonchev–Trinajstić information content (AvgIpc) is 2.93. The van der Waals surface area contributed by atoms with Crippen molar-refractivity contribution in [1.82, 2.24) is 0 Å². The van der Waals surface area contributed by atoms with E-state index in [0.717, 1.165) is 17.0 Å². The van der Waals surface area contributed by atoms with E-state index >= 15 is 0 Å². The van der Waals surface area contributed by atoms with Crippen LogP contribution in [-0.2, 0) is 0 Å². The van der Waals surface area contributed by atoms with Gasteiger partial charge in [0.15, 0.2) is 5.76 Å². The average molecular weight is 257 g/mol. The van der Waals surface area contributed by atoms with E-state index in [4.69, 9.17) is 9.15 Å². The quantitative estimate of drug-likeness (QED) is 0.658. The number of rotatable bonds is 5. The van der Waals surface area contributed by atoms with Gasteiger partial charge in [-0.3, -0.25) is 4.79 Å². The van der Waals surface area contributed by atoms with E-state index < -0.39 is 0 Å². The van der Waals surface area contributed by atoms with Crippen LogP contribution in [0.5, 0.6) is 5.75 Å². The minimum atomic E-state index is -0.191. The molecule has 1 aromatic heterocycles. The lowest BCUT2D eigenvalue weighted by Gasteiger charge is -2.08. The molecule has 1 heterocycles. The molecule has 0 aliphatic rings. The first-order valence-electron chi connectivity index (χ1n) is 5.86. The van der Waals surface area contributed by atoms with Gasteiger partial charge >= 0.3 is 0 Å². The number of benzene rings is 1. The van der Waals surface area contributed by atoms with Gasteiger partial charge in [0.25, 0.3) is 0 Å². The fourth-order valence-corrected chi connectivity index (χ4v) is 1.64. The number of methoxy groups -OCH3 is 1. The molecule has 2 rings (SSSR count). The number of ketones is 1. The van der Waals surface area contributed by atoms with Crippen LogP contribution in [0.4, 0.5) is 5.69 Å². The molecule has 4 nitrogen and oxygen atoms in total. The molecule has 0 aliphatic heterocycles. The maximum atomic E-state index is 11.7. The number of hydrogen-bond acceptors (Lipinski definition) is 4. The van der Waals surface area contributed by atoms with Gasteiger partial charge in [-0.05, 0) is 36.8 Å². The van der Waals surface area contributed by atoms with Crippen LogP contribution in [0.2, 0.25) is 0 Å². The second kappa shape index (κ2) is 5.91. The minimum Gasteiger partial charge on any atom is -0.495 e. The normalized spacial score (nSPS) is 10.6. The van der Waals surface area contributed by atoms with Crippen molar-refractivity contribution in [1.29, 1.82) is 0 Å². The van der Waals surface area contributed by atoms with E-state index in [9.17, 15) is 4.79 Å². The molecule has 0 atom stereocenters. The molecule has 19 heavy (non-hydrogen) atoms. The number of nitrogens with one attached hydrogen (secondary N) is 1. The van der Waals surface area contributed by atoms with Crippen molar-refractivity contribution >= 4 is 11.5 Å². The van der Waals surface area contributed by atoms with Gasteiger partial charge in [0.05, 0.1) is 19.1 Å². The van der Waals surface area contributed by atoms with Gasteiger partial charge in [-0.1, -0.05) is 6.07 Å². The van der Waals surface area contributed by atoms with Crippen LogP contribution >= 0.6 is 0 Å². The highest BCUT2D eigenvalue weighted by Crippen LogP contribution is 2.25. The molecule has 0 bridgehead atoms. The zero-order valence-electron chi connectivity index (χ0n) is 10.8. The van der Waals surface area contributed by atoms with Gasteiger partial charge in [0.1, 0.15) is 5.75 Å². The van der Waals surface area contributed by atoms with Crippen molar-refractivity contribution in [2.75, 3.05) is 12.4 Å². The van der Waals surface area contributed by atoms with E-state index in [1.54, 1.807) is 25.4 Å². The zero-order chi connectivity index (χ0) is 13.7. The molecular weight excluding hydrogens is 242 g/mol. The van der Waals surface area contributed by atoms with Crippen LogP contribution in [0.1, 0.15) is 16.1 Å². The summed E-state index contributed by atoms with van der Waals surface area (Å²) >= 11 is 0. The van der Waals surface area contributed by atoms with Crippen molar-refractivity contribution in [3.05, 3.63) is 60.2 Å². The molecule has 0 amide bonds. The van der Waals surface area contributed by atoms with E-state index in [-0.39, 0.29) is 5.78 Å². The molecule has 0 unspecified atom stereocenters. The first-order chi connectivity index (χ1) is 9.20. The summed E-state index contributed by atoms with van der Waals surface area (Å²) in [6.07, 6.45) is 4.46. The number of carbonyl (C=O) groups excluding carboxylic acids is 1. The van der Waals surface area contributed by atoms with Crippen molar-refractivity contribution in [3.63, 3.8) is 0 Å². The van der Waals surface area contributed by atoms with Crippen molar-refractivity contribution < 1.29 is 13.9 Å². The molecule has 2 aromatic rings.